The molecule has 0 aliphatic carbocycles. The van der Waals surface area contributed by atoms with Crippen LogP contribution in [0.5, 0.6) is 0 Å². The van der Waals surface area contributed by atoms with Gasteiger partial charge in [-0.2, -0.15) is 0 Å². The van der Waals surface area contributed by atoms with E-state index in [-0.39, 0.29) is 45.1 Å². The summed E-state index contributed by atoms with van der Waals surface area (Å²) < 4.78 is 3.25. The number of carbonyl (C=O) groups excluding carboxylic acids is 4. The molecule has 8 nitrogen and oxygen atoms in total. The first kappa shape index (κ1) is 39.7. The molecule has 0 unspecified atom stereocenters. The van der Waals surface area contributed by atoms with Crippen molar-refractivity contribution in [2.75, 3.05) is 0 Å². The maximum atomic E-state index is 10.4. The van der Waals surface area contributed by atoms with Gasteiger partial charge in [-0.15, -0.1) is 0 Å². The molecule has 0 spiro atoms. The van der Waals surface area contributed by atoms with Crippen LogP contribution in [0.25, 0.3) is 0 Å². The monoisotopic (exact) mass is 630 g/mol. The summed E-state index contributed by atoms with van der Waals surface area (Å²) in [6.45, 7) is 8.66. The summed E-state index contributed by atoms with van der Waals surface area (Å²) in [5, 5.41) is 41.1. The van der Waals surface area contributed by atoms with Crippen molar-refractivity contribution in [1.82, 2.24) is 0 Å². The number of rotatable bonds is 20. The topological polar surface area (TPSA) is 161 Å². The van der Waals surface area contributed by atoms with Gasteiger partial charge in [0.05, 0.1) is 23.9 Å². The number of unbranched alkanes of at least 4 members (excludes halogenated alkanes) is 8. The third-order valence-electron chi connectivity index (χ3n) is 5.12. The van der Waals surface area contributed by atoms with Gasteiger partial charge < -0.3 is 39.6 Å². The number of carboxylic acids is 4. The third kappa shape index (κ3) is 34.2. The number of hydrogen-bond donors (Lipinski definition) is 0. The van der Waals surface area contributed by atoms with Crippen LogP contribution in [0, 0.1) is 0 Å². The van der Waals surface area contributed by atoms with Crippen LogP contribution in [0.3, 0.4) is 0 Å². The standard InChI is InChI=1S/2C10H16O4.2C4H9.Sn/c2*1-2-3-4-5-6-8(10(13)14)7-9(11)12;2*1-3-4-2;/h2*7H,2-6H2,1H3,(H,11,12)(H,13,14);2*1,3-4H2,2H3;/q;;;;+4/p-4/b2*8-7-;;;. The van der Waals surface area contributed by atoms with Crippen molar-refractivity contribution < 1.29 is 39.6 Å². The number of carbonyl (C=O) groups is 4. The average molecular weight is 629 g/mol. The Labute approximate surface area is 233 Å². The molecule has 210 valence electrons. The summed E-state index contributed by atoms with van der Waals surface area (Å²) in [7, 11) is 0. The molecule has 37 heavy (non-hydrogen) atoms. The Bertz CT molecular complexity index is 615. The summed E-state index contributed by atoms with van der Waals surface area (Å²) in [4.78, 5) is 41.1. The van der Waals surface area contributed by atoms with E-state index in [4.69, 9.17) is 0 Å². The van der Waals surface area contributed by atoms with Crippen LogP contribution in [0.2, 0.25) is 8.87 Å². The predicted molar refractivity (Wildman–Crippen MR) is 139 cm³/mol. The Morgan fingerprint density at radius 3 is 1.08 bits per heavy atom. The second-order valence-electron chi connectivity index (χ2n) is 8.63. The fourth-order valence-corrected chi connectivity index (χ4v) is 7.12. The van der Waals surface area contributed by atoms with Crippen molar-refractivity contribution in [3.8, 4) is 0 Å². The molecule has 6 radical (unpaired) electrons. The second-order valence-corrected chi connectivity index (χ2v) is 12.9. The maximum absolute atomic E-state index is 10.4. The first-order chi connectivity index (χ1) is 17.6. The van der Waals surface area contributed by atoms with E-state index in [9.17, 15) is 39.6 Å². The van der Waals surface area contributed by atoms with Gasteiger partial charge in [0.15, 0.2) is 0 Å². The molecule has 0 bridgehead atoms. The molecule has 0 N–H and O–H groups in total. The van der Waals surface area contributed by atoms with Gasteiger partial charge in [-0.05, 0) is 49.0 Å². The van der Waals surface area contributed by atoms with Crippen LogP contribution in [-0.4, -0.2) is 45.0 Å². The van der Waals surface area contributed by atoms with Crippen LogP contribution >= 0.6 is 0 Å². The Kier molecular flexibility index (Phi) is 32.6. The fourth-order valence-electron chi connectivity index (χ4n) is 2.96. The van der Waals surface area contributed by atoms with Crippen LogP contribution < -0.4 is 20.4 Å². The van der Waals surface area contributed by atoms with E-state index in [2.05, 4.69) is 13.8 Å². The van der Waals surface area contributed by atoms with Gasteiger partial charge in [0.25, 0.3) is 0 Å². The van der Waals surface area contributed by atoms with E-state index in [0.717, 1.165) is 38.5 Å². The minimum atomic E-state index is -1.49. The molecule has 0 rings (SSSR count). The Balaban J connectivity index is -0.000000481. The average Bonchev–Trinajstić information content (AvgIpc) is 2.83. The van der Waals surface area contributed by atoms with Gasteiger partial charge >= 0.3 is 69.5 Å². The fraction of sp³-hybridized carbons (Fsp3) is 0.714. The van der Waals surface area contributed by atoms with E-state index in [1.165, 1.54) is 25.7 Å². The molecule has 0 heterocycles. The zero-order valence-corrected chi connectivity index (χ0v) is 26.1. The van der Waals surface area contributed by atoms with Gasteiger partial charge in [-0.1, -0.05) is 52.4 Å². The Hall–Kier alpha value is -1.84. The van der Waals surface area contributed by atoms with Crippen LogP contribution in [0.4, 0.5) is 0 Å². The molecule has 0 aromatic carbocycles. The van der Waals surface area contributed by atoms with Crippen molar-refractivity contribution in [3.63, 3.8) is 0 Å². The van der Waals surface area contributed by atoms with Gasteiger partial charge in [0, 0.05) is 0 Å². The minimum absolute atomic E-state index is 0.149. The summed E-state index contributed by atoms with van der Waals surface area (Å²) in [5.41, 5.74) is -0.387. The van der Waals surface area contributed by atoms with E-state index in [0.29, 0.717) is 25.0 Å². The molecule has 0 aromatic heterocycles. The number of carboxylic acid groups (broad SMARTS) is 4. The summed E-state index contributed by atoms with van der Waals surface area (Å²) in [5.74, 6) is -5.82. The van der Waals surface area contributed by atoms with E-state index >= 15 is 0 Å². The summed E-state index contributed by atoms with van der Waals surface area (Å²) in [6.07, 6.45) is 14.8. The quantitative estimate of drug-likeness (QED) is 0.112. The molecule has 9 heteroatoms. The van der Waals surface area contributed by atoms with E-state index in [1.807, 2.05) is 13.8 Å². The molecule has 0 saturated heterocycles. The van der Waals surface area contributed by atoms with Gasteiger partial charge in [-0.3, -0.25) is 0 Å². The van der Waals surface area contributed by atoms with Gasteiger partial charge in [0.2, 0.25) is 0 Å². The SMILES string of the molecule is CCCCCC/C(=C/C(=O)[O-])C(=O)[O-].CCCCCC/C(=C/C(=O)[O-])C(=O)[O-].CCC[CH2][Sn+4][CH2]CCC. The first-order valence-corrected chi connectivity index (χ1v) is 17.6. The van der Waals surface area contributed by atoms with E-state index in [1.54, 1.807) is 8.87 Å². The number of hydrogen-bond acceptors (Lipinski definition) is 8. The van der Waals surface area contributed by atoms with Crippen LogP contribution in [0.1, 0.15) is 118 Å². The Morgan fingerprint density at radius 2 is 0.838 bits per heavy atom. The zero-order valence-electron chi connectivity index (χ0n) is 23.2. The second kappa shape index (κ2) is 30.4. The van der Waals surface area contributed by atoms with Crippen LogP contribution in [-0.2, 0) is 19.2 Å². The van der Waals surface area contributed by atoms with Crippen molar-refractivity contribution >= 4 is 45.0 Å². The molecule has 0 aliphatic heterocycles. The molecular formula is C28H46O8Sn. The third-order valence-corrected chi connectivity index (χ3v) is 9.16. The summed E-state index contributed by atoms with van der Waals surface area (Å²) in [6, 6.07) is 0. The van der Waals surface area contributed by atoms with Gasteiger partial charge in [-0.25, -0.2) is 0 Å². The van der Waals surface area contributed by atoms with Gasteiger partial charge in [0.1, 0.15) is 0 Å². The van der Waals surface area contributed by atoms with Crippen molar-refractivity contribution in [1.29, 1.82) is 0 Å². The number of aliphatic carboxylic acids is 4. The van der Waals surface area contributed by atoms with Crippen molar-refractivity contribution in [2.24, 2.45) is 0 Å². The molecule has 0 saturated carbocycles. The Morgan fingerprint density at radius 1 is 0.514 bits per heavy atom. The summed E-state index contributed by atoms with van der Waals surface area (Å²) >= 11 is 0.149. The molecular weight excluding hydrogens is 583 g/mol. The first-order valence-electron chi connectivity index (χ1n) is 13.5. The molecule has 0 fully saturated rings. The molecule has 0 aromatic rings. The molecule has 0 amide bonds. The van der Waals surface area contributed by atoms with Crippen molar-refractivity contribution in [2.45, 2.75) is 126 Å². The predicted octanol–water partition coefficient (Wildman–Crippen LogP) is 1.89. The van der Waals surface area contributed by atoms with Crippen molar-refractivity contribution in [3.05, 3.63) is 23.3 Å². The molecule has 0 aliphatic rings. The normalized spacial score (nSPS) is 11.0. The zero-order chi connectivity index (χ0) is 28.9. The van der Waals surface area contributed by atoms with E-state index < -0.39 is 23.9 Å². The van der Waals surface area contributed by atoms with Crippen LogP contribution in [0.15, 0.2) is 23.3 Å². The molecule has 0 atom stereocenters.